The van der Waals surface area contributed by atoms with Crippen LogP contribution >= 0.6 is 27.3 Å². The van der Waals surface area contributed by atoms with Crippen LogP contribution in [0.15, 0.2) is 44.6 Å². The highest BCUT2D eigenvalue weighted by molar-refractivity contribution is 9.10. The Labute approximate surface area is 163 Å². The molecule has 1 atom stereocenters. The van der Waals surface area contributed by atoms with Gasteiger partial charge in [-0.2, -0.15) is 0 Å². The van der Waals surface area contributed by atoms with Crippen molar-refractivity contribution in [3.63, 3.8) is 0 Å². The molecular weight excluding hydrogens is 422 g/mol. The molecule has 1 aliphatic heterocycles. The molecule has 0 N–H and O–H groups in total. The van der Waals surface area contributed by atoms with Gasteiger partial charge in [-0.15, -0.1) is 11.3 Å². The average molecular weight is 442 g/mol. The van der Waals surface area contributed by atoms with Gasteiger partial charge in [-0.05, 0) is 39.0 Å². The molecule has 0 bridgehead atoms. The minimum absolute atomic E-state index is 0.310. The first-order chi connectivity index (χ1) is 11.8. The Morgan fingerprint density at radius 1 is 1.24 bits per heavy atom. The van der Waals surface area contributed by atoms with Crippen LogP contribution in [0.5, 0.6) is 0 Å². The summed E-state index contributed by atoms with van der Waals surface area (Å²) in [4.78, 5) is 0.997. The summed E-state index contributed by atoms with van der Waals surface area (Å²) in [6.07, 6.45) is -0.310. The van der Waals surface area contributed by atoms with E-state index in [9.17, 15) is 4.55 Å². The summed E-state index contributed by atoms with van der Waals surface area (Å²) >= 11 is 3.71. The highest BCUT2D eigenvalue weighted by Gasteiger charge is 2.29. The van der Waals surface area contributed by atoms with Gasteiger partial charge in [0.25, 0.3) is 0 Å². The molecule has 1 saturated heterocycles. The van der Waals surface area contributed by atoms with Crippen molar-refractivity contribution in [3.8, 4) is 0 Å². The Balaban J connectivity index is 2.00. The van der Waals surface area contributed by atoms with Gasteiger partial charge >= 0.3 is 0 Å². The quantitative estimate of drug-likeness (QED) is 0.502. The summed E-state index contributed by atoms with van der Waals surface area (Å²) in [6.45, 7) is 6.98. The maximum absolute atomic E-state index is 12.6. The van der Waals surface area contributed by atoms with Crippen LogP contribution in [0, 0.1) is 0 Å². The smallest absolute Gasteiger partial charge is 0.193 e. The molecule has 0 amide bonds. The number of halogens is 1. The number of hydrogen-bond acceptors (Lipinski definition) is 5. The van der Waals surface area contributed by atoms with Crippen molar-refractivity contribution in [2.75, 3.05) is 13.2 Å². The fourth-order valence-electron chi connectivity index (χ4n) is 2.25. The van der Waals surface area contributed by atoms with Gasteiger partial charge in [-0.25, -0.2) is 0 Å². The van der Waals surface area contributed by atoms with E-state index in [1.54, 1.807) is 11.3 Å². The molecule has 0 saturated carbocycles. The molecule has 1 aliphatic rings. The zero-order valence-corrected chi connectivity index (χ0v) is 17.5. The predicted octanol–water partition coefficient (Wildman–Crippen LogP) is 4.86. The van der Waals surface area contributed by atoms with E-state index in [1.807, 2.05) is 56.5 Å². The molecule has 3 rings (SSSR count). The lowest BCUT2D eigenvalue weighted by molar-refractivity contribution is -0.0413. The Kier molecular flexibility index (Phi) is 6.03. The Morgan fingerprint density at radius 3 is 2.60 bits per heavy atom. The van der Waals surface area contributed by atoms with Gasteiger partial charge in [0.05, 0.1) is 18.1 Å². The van der Waals surface area contributed by atoms with E-state index in [1.165, 1.54) is 0 Å². The monoisotopic (exact) mass is 441 g/mol. The maximum Gasteiger partial charge on any atom is 0.193 e. The molecule has 2 heterocycles. The topological polar surface area (TPSA) is 53.9 Å². The van der Waals surface area contributed by atoms with Crippen molar-refractivity contribution in [1.82, 2.24) is 0 Å². The lowest BCUT2D eigenvalue weighted by Crippen LogP contribution is -2.27. The third-order valence-corrected chi connectivity index (χ3v) is 6.39. The third-order valence-electron chi connectivity index (χ3n) is 3.54. The van der Waals surface area contributed by atoms with E-state index >= 15 is 0 Å². The lowest BCUT2D eigenvalue weighted by atomic mass is 10.1. The molecule has 2 aromatic rings. The van der Waals surface area contributed by atoms with Gasteiger partial charge in [0, 0.05) is 21.0 Å². The third kappa shape index (κ3) is 4.72. The summed E-state index contributed by atoms with van der Waals surface area (Å²) in [7, 11) is 0. The second-order valence-electron chi connectivity index (χ2n) is 6.62. The largest absolute Gasteiger partial charge is 0.591 e. The molecule has 7 heteroatoms. The van der Waals surface area contributed by atoms with Crippen molar-refractivity contribution in [1.29, 1.82) is 0 Å². The second kappa shape index (κ2) is 7.90. The predicted molar refractivity (Wildman–Crippen MR) is 107 cm³/mol. The van der Waals surface area contributed by atoms with E-state index in [4.69, 9.17) is 9.47 Å². The second-order valence-corrected chi connectivity index (χ2v) is 10.4. The van der Waals surface area contributed by atoms with E-state index in [-0.39, 0.29) is 6.29 Å². The average Bonchev–Trinajstić information content (AvgIpc) is 3.22. The summed E-state index contributed by atoms with van der Waals surface area (Å²) in [5.74, 6) is 0. The van der Waals surface area contributed by atoms with Gasteiger partial charge < -0.3 is 14.0 Å². The van der Waals surface area contributed by atoms with Crippen molar-refractivity contribution in [3.05, 3.63) is 56.2 Å². The first-order valence-corrected chi connectivity index (χ1v) is 10.7. The van der Waals surface area contributed by atoms with E-state index in [0.717, 1.165) is 26.2 Å². The summed E-state index contributed by atoms with van der Waals surface area (Å²) < 4.78 is 28.9. The minimum Gasteiger partial charge on any atom is -0.591 e. The fourth-order valence-corrected chi connectivity index (χ4v) is 4.19. The molecule has 25 heavy (non-hydrogen) atoms. The summed E-state index contributed by atoms with van der Waals surface area (Å²) in [5.41, 5.74) is 2.56. The molecule has 134 valence electrons. The number of thiophene rings is 1. The molecule has 0 spiro atoms. The molecule has 0 radical (unpaired) electrons. The number of nitrogens with zero attached hydrogens (tertiary/aromatic N) is 1. The van der Waals surface area contributed by atoms with E-state index in [0.29, 0.717) is 13.2 Å². The van der Waals surface area contributed by atoms with Crippen molar-refractivity contribution in [2.24, 2.45) is 4.40 Å². The fraction of sp³-hybridized carbons (Fsp3) is 0.389. The Morgan fingerprint density at radius 2 is 1.96 bits per heavy atom. The van der Waals surface area contributed by atoms with Gasteiger partial charge in [0.15, 0.2) is 6.29 Å². The first kappa shape index (κ1) is 19.1. The SMILES string of the molecule is CC(C)(C)[S+]([O-])N=C(c1cccc(Br)c1)c1csc(C2OCCO2)c1. The molecule has 4 nitrogen and oxygen atoms in total. The molecule has 1 aromatic carbocycles. The van der Waals surface area contributed by atoms with Crippen LogP contribution in [-0.4, -0.2) is 28.2 Å². The van der Waals surface area contributed by atoms with Gasteiger partial charge in [0.1, 0.15) is 21.8 Å². The van der Waals surface area contributed by atoms with Crippen LogP contribution < -0.4 is 0 Å². The van der Waals surface area contributed by atoms with Gasteiger partial charge in [-0.1, -0.05) is 32.5 Å². The molecular formula is C18H20BrNO3S2. The Bertz CT molecular complexity index is 764. The maximum atomic E-state index is 12.6. The van der Waals surface area contributed by atoms with Crippen molar-refractivity contribution < 1.29 is 14.0 Å². The van der Waals surface area contributed by atoms with Gasteiger partial charge in [0.2, 0.25) is 0 Å². The normalized spacial score (nSPS) is 17.9. The number of rotatable bonds is 4. The van der Waals surface area contributed by atoms with Crippen LogP contribution in [-0.2, 0) is 20.8 Å². The van der Waals surface area contributed by atoms with E-state index < -0.39 is 16.1 Å². The standard InChI is InChI=1S/C18H20BrNO3S2/c1-18(2,3)25(21)20-16(12-5-4-6-14(19)9-12)13-10-15(24-11-13)17-22-7-8-23-17/h4-6,9-11,17H,7-8H2,1-3H3. The van der Waals surface area contributed by atoms with Gasteiger partial charge in [-0.3, -0.25) is 0 Å². The number of hydrogen-bond donors (Lipinski definition) is 0. The lowest BCUT2D eigenvalue weighted by Gasteiger charge is -2.19. The zero-order chi connectivity index (χ0) is 18.0. The van der Waals surface area contributed by atoms with Crippen LogP contribution in [0.3, 0.4) is 0 Å². The molecule has 1 unspecified atom stereocenters. The summed E-state index contributed by atoms with van der Waals surface area (Å²) in [6, 6.07) is 9.88. The zero-order valence-electron chi connectivity index (χ0n) is 14.3. The highest BCUT2D eigenvalue weighted by atomic mass is 79.9. The summed E-state index contributed by atoms with van der Waals surface area (Å²) in [5, 5.41) is 2.01. The van der Waals surface area contributed by atoms with Crippen LogP contribution in [0.2, 0.25) is 0 Å². The molecule has 1 fully saturated rings. The van der Waals surface area contributed by atoms with Crippen molar-refractivity contribution >= 4 is 44.3 Å². The number of benzene rings is 1. The van der Waals surface area contributed by atoms with Crippen LogP contribution in [0.4, 0.5) is 0 Å². The number of ether oxygens (including phenoxy) is 2. The highest BCUT2D eigenvalue weighted by Crippen LogP contribution is 2.31. The van der Waals surface area contributed by atoms with Crippen LogP contribution in [0.1, 0.15) is 43.1 Å². The minimum atomic E-state index is -1.35. The molecule has 0 aliphatic carbocycles. The Hall–Kier alpha value is -0.700. The van der Waals surface area contributed by atoms with Crippen molar-refractivity contribution in [2.45, 2.75) is 31.8 Å². The first-order valence-electron chi connectivity index (χ1n) is 7.93. The van der Waals surface area contributed by atoms with Crippen LogP contribution in [0.25, 0.3) is 0 Å². The van der Waals surface area contributed by atoms with E-state index in [2.05, 4.69) is 20.3 Å². The molecule has 1 aromatic heterocycles.